The number of amides is 1. The highest BCUT2D eigenvalue weighted by molar-refractivity contribution is 9.10. The Morgan fingerprint density at radius 1 is 1.45 bits per heavy atom. The van der Waals surface area contributed by atoms with Crippen LogP contribution in [0.5, 0.6) is 5.75 Å². The number of aromatic nitrogens is 2. The standard InChI is InChI=1S/C14H16BrN3O2/c1-10(11-8-16-17-9-11)18-14(19)6-7-20-13-4-2-12(15)3-5-13/h2-5,8-10H,6-7H2,1H3,(H,16,17)(H,18,19). The predicted octanol–water partition coefficient (Wildman–Crippen LogP) is 2.82. The number of nitrogens with zero attached hydrogens (tertiary/aromatic N) is 1. The molecule has 1 unspecified atom stereocenters. The van der Waals surface area contributed by atoms with E-state index in [-0.39, 0.29) is 11.9 Å². The minimum Gasteiger partial charge on any atom is -0.493 e. The molecule has 0 bridgehead atoms. The highest BCUT2D eigenvalue weighted by atomic mass is 79.9. The number of nitrogens with one attached hydrogen (secondary N) is 2. The van der Waals surface area contributed by atoms with E-state index in [4.69, 9.17) is 4.74 Å². The van der Waals surface area contributed by atoms with Crippen LogP contribution in [-0.2, 0) is 4.79 Å². The van der Waals surface area contributed by atoms with Gasteiger partial charge in [-0.2, -0.15) is 5.10 Å². The number of ether oxygens (including phenoxy) is 1. The van der Waals surface area contributed by atoms with E-state index in [9.17, 15) is 4.79 Å². The Labute approximate surface area is 125 Å². The van der Waals surface area contributed by atoms with Gasteiger partial charge in [0.2, 0.25) is 5.91 Å². The molecule has 0 radical (unpaired) electrons. The molecule has 0 saturated heterocycles. The molecule has 0 aliphatic heterocycles. The highest BCUT2D eigenvalue weighted by Crippen LogP contribution is 2.16. The summed E-state index contributed by atoms with van der Waals surface area (Å²) in [5.41, 5.74) is 0.951. The van der Waals surface area contributed by atoms with Gasteiger partial charge in [0.05, 0.1) is 25.3 Å². The number of rotatable bonds is 6. The molecule has 0 aliphatic rings. The summed E-state index contributed by atoms with van der Waals surface area (Å²) in [5, 5.41) is 9.47. The van der Waals surface area contributed by atoms with Crippen LogP contribution in [0, 0.1) is 0 Å². The fourth-order valence-corrected chi connectivity index (χ4v) is 1.95. The lowest BCUT2D eigenvalue weighted by atomic mass is 10.2. The van der Waals surface area contributed by atoms with Crippen LogP contribution in [0.4, 0.5) is 0 Å². The fraction of sp³-hybridized carbons (Fsp3) is 0.286. The second kappa shape index (κ2) is 7.09. The number of hydrogen-bond acceptors (Lipinski definition) is 3. The first kappa shape index (κ1) is 14.6. The second-order valence-corrected chi connectivity index (χ2v) is 5.29. The van der Waals surface area contributed by atoms with Crippen LogP contribution in [0.3, 0.4) is 0 Å². The van der Waals surface area contributed by atoms with Crippen LogP contribution in [0.2, 0.25) is 0 Å². The van der Waals surface area contributed by atoms with Gasteiger partial charge in [0.15, 0.2) is 0 Å². The van der Waals surface area contributed by atoms with Gasteiger partial charge in [0, 0.05) is 16.2 Å². The highest BCUT2D eigenvalue weighted by Gasteiger charge is 2.10. The molecular weight excluding hydrogens is 322 g/mol. The zero-order chi connectivity index (χ0) is 14.4. The van der Waals surface area contributed by atoms with Crippen molar-refractivity contribution in [3.05, 3.63) is 46.7 Å². The summed E-state index contributed by atoms with van der Waals surface area (Å²) in [7, 11) is 0. The van der Waals surface area contributed by atoms with E-state index in [2.05, 4.69) is 31.4 Å². The number of H-pyrrole nitrogens is 1. The largest absolute Gasteiger partial charge is 0.493 e. The van der Waals surface area contributed by atoms with Crippen molar-refractivity contribution >= 4 is 21.8 Å². The summed E-state index contributed by atoms with van der Waals surface area (Å²) in [6.45, 7) is 2.27. The van der Waals surface area contributed by atoms with Gasteiger partial charge in [-0.25, -0.2) is 0 Å². The number of hydrogen-bond donors (Lipinski definition) is 2. The molecular formula is C14H16BrN3O2. The third kappa shape index (κ3) is 4.38. The van der Waals surface area contributed by atoms with Gasteiger partial charge in [0.1, 0.15) is 5.75 Å². The average Bonchev–Trinajstić information content (AvgIpc) is 2.95. The third-order valence-electron chi connectivity index (χ3n) is 2.81. The normalized spacial score (nSPS) is 11.9. The Hall–Kier alpha value is -1.82. The minimum atomic E-state index is -0.0612. The molecule has 6 heteroatoms. The molecule has 0 fully saturated rings. The van der Waals surface area contributed by atoms with Crippen molar-refractivity contribution in [2.45, 2.75) is 19.4 Å². The molecule has 0 aliphatic carbocycles. The van der Waals surface area contributed by atoms with Crippen molar-refractivity contribution in [3.63, 3.8) is 0 Å². The first-order valence-electron chi connectivity index (χ1n) is 6.31. The van der Waals surface area contributed by atoms with Crippen molar-refractivity contribution in [3.8, 4) is 5.75 Å². The Balaban J connectivity index is 1.71. The number of benzene rings is 1. The van der Waals surface area contributed by atoms with Crippen LogP contribution in [0.25, 0.3) is 0 Å². The first-order valence-corrected chi connectivity index (χ1v) is 7.11. The zero-order valence-corrected chi connectivity index (χ0v) is 12.7. The Morgan fingerprint density at radius 2 is 2.20 bits per heavy atom. The van der Waals surface area contributed by atoms with E-state index in [1.807, 2.05) is 31.2 Å². The maximum absolute atomic E-state index is 11.8. The van der Waals surface area contributed by atoms with Crippen LogP contribution in [0.1, 0.15) is 24.9 Å². The van der Waals surface area contributed by atoms with Crippen molar-refractivity contribution < 1.29 is 9.53 Å². The summed E-state index contributed by atoms with van der Waals surface area (Å²) < 4.78 is 6.50. The van der Waals surface area contributed by atoms with E-state index in [1.165, 1.54) is 0 Å². The molecule has 20 heavy (non-hydrogen) atoms. The van der Waals surface area contributed by atoms with Gasteiger partial charge < -0.3 is 10.1 Å². The lowest BCUT2D eigenvalue weighted by Crippen LogP contribution is -2.27. The molecule has 2 aromatic rings. The van der Waals surface area contributed by atoms with Gasteiger partial charge in [-0.1, -0.05) is 15.9 Å². The lowest BCUT2D eigenvalue weighted by Gasteiger charge is -2.12. The molecule has 1 aromatic carbocycles. The van der Waals surface area contributed by atoms with Gasteiger partial charge in [-0.15, -0.1) is 0 Å². The van der Waals surface area contributed by atoms with Crippen LogP contribution in [-0.4, -0.2) is 22.7 Å². The SMILES string of the molecule is CC(NC(=O)CCOc1ccc(Br)cc1)c1cn[nH]c1. The van der Waals surface area contributed by atoms with Crippen LogP contribution >= 0.6 is 15.9 Å². The van der Waals surface area contributed by atoms with E-state index >= 15 is 0 Å². The van der Waals surface area contributed by atoms with E-state index in [0.29, 0.717) is 13.0 Å². The van der Waals surface area contributed by atoms with Crippen molar-refractivity contribution in [1.82, 2.24) is 15.5 Å². The van der Waals surface area contributed by atoms with Crippen molar-refractivity contribution in [1.29, 1.82) is 0 Å². The summed E-state index contributed by atoms with van der Waals surface area (Å²) in [6, 6.07) is 7.45. The number of halogens is 1. The molecule has 5 nitrogen and oxygen atoms in total. The lowest BCUT2D eigenvalue weighted by molar-refractivity contribution is -0.122. The molecule has 2 rings (SSSR count). The van der Waals surface area contributed by atoms with Crippen LogP contribution in [0.15, 0.2) is 41.1 Å². The second-order valence-electron chi connectivity index (χ2n) is 4.37. The Morgan fingerprint density at radius 3 is 2.85 bits per heavy atom. The average molecular weight is 338 g/mol. The smallest absolute Gasteiger partial charge is 0.223 e. The molecule has 1 atom stereocenters. The molecule has 1 aromatic heterocycles. The summed E-state index contributed by atoms with van der Waals surface area (Å²) >= 11 is 3.36. The third-order valence-corrected chi connectivity index (χ3v) is 3.34. The Kier molecular flexibility index (Phi) is 5.17. The maximum atomic E-state index is 11.8. The quantitative estimate of drug-likeness (QED) is 0.851. The van der Waals surface area contributed by atoms with Crippen LogP contribution < -0.4 is 10.1 Å². The van der Waals surface area contributed by atoms with E-state index < -0.39 is 0 Å². The zero-order valence-electron chi connectivity index (χ0n) is 11.1. The van der Waals surface area contributed by atoms with Gasteiger partial charge in [-0.3, -0.25) is 9.89 Å². The number of carbonyl (C=O) groups is 1. The molecule has 1 amide bonds. The van der Waals surface area contributed by atoms with E-state index in [1.54, 1.807) is 12.4 Å². The van der Waals surface area contributed by atoms with Gasteiger partial charge in [0.25, 0.3) is 0 Å². The summed E-state index contributed by atoms with van der Waals surface area (Å²) in [6.07, 6.45) is 3.78. The summed E-state index contributed by atoms with van der Waals surface area (Å²) in [4.78, 5) is 11.8. The number of carbonyl (C=O) groups excluding carboxylic acids is 1. The molecule has 0 saturated carbocycles. The minimum absolute atomic E-state index is 0.0455. The van der Waals surface area contributed by atoms with Crippen molar-refractivity contribution in [2.24, 2.45) is 0 Å². The molecule has 106 valence electrons. The maximum Gasteiger partial charge on any atom is 0.223 e. The van der Waals surface area contributed by atoms with Gasteiger partial charge >= 0.3 is 0 Å². The molecule has 1 heterocycles. The fourth-order valence-electron chi connectivity index (χ4n) is 1.69. The molecule has 0 spiro atoms. The Bertz CT molecular complexity index is 540. The van der Waals surface area contributed by atoms with Gasteiger partial charge in [-0.05, 0) is 31.2 Å². The van der Waals surface area contributed by atoms with E-state index in [0.717, 1.165) is 15.8 Å². The first-order chi connectivity index (χ1) is 9.65. The predicted molar refractivity (Wildman–Crippen MR) is 79.4 cm³/mol. The topological polar surface area (TPSA) is 67.0 Å². The monoisotopic (exact) mass is 337 g/mol. The summed E-state index contributed by atoms with van der Waals surface area (Å²) in [5.74, 6) is 0.708. The molecule has 2 N–H and O–H groups in total. The van der Waals surface area contributed by atoms with Crippen molar-refractivity contribution in [2.75, 3.05) is 6.61 Å². The number of aromatic amines is 1.